The minimum atomic E-state index is -2.11. The van der Waals surface area contributed by atoms with Gasteiger partial charge < -0.3 is 4.90 Å². The van der Waals surface area contributed by atoms with Crippen molar-refractivity contribution in [1.29, 1.82) is 0 Å². The largest absolute Gasteiger partial charge is 0.306 e. The van der Waals surface area contributed by atoms with Gasteiger partial charge in [-0.2, -0.15) is 0 Å². The minimum absolute atomic E-state index is 0.556. The molecule has 0 aliphatic heterocycles. The molecule has 0 heterocycles. The molecule has 0 amide bonds. The first-order valence-electron chi connectivity index (χ1n) is 10.1. The van der Waals surface area contributed by atoms with Gasteiger partial charge in [-0.3, -0.25) is 0 Å². The van der Waals surface area contributed by atoms with Gasteiger partial charge in [0.2, 0.25) is 0 Å². The van der Waals surface area contributed by atoms with Crippen LogP contribution < -0.4 is 15.9 Å². The summed E-state index contributed by atoms with van der Waals surface area (Å²) >= 11 is 6.63. The van der Waals surface area contributed by atoms with Gasteiger partial charge in [0.25, 0.3) is 0 Å². The summed E-state index contributed by atoms with van der Waals surface area (Å²) in [6, 6.07) is 29.1. The standard InChI is InChI=1S/C25H28NPS/c1-26(2)24-18-11-17-22(24)23-16-9-10-19-25(23)27(28,20-12-5-3-6-13-20)21-14-7-4-8-15-21/h3-10,12-16,19,22,24H,11,17-18H2,1-2H3. The van der Waals surface area contributed by atoms with Crippen molar-refractivity contribution in [3.05, 3.63) is 90.5 Å². The molecule has 3 aromatic carbocycles. The van der Waals surface area contributed by atoms with Gasteiger partial charge in [0.15, 0.2) is 0 Å². The van der Waals surface area contributed by atoms with E-state index < -0.39 is 6.04 Å². The molecule has 1 aliphatic carbocycles. The number of hydrogen-bond donors (Lipinski definition) is 0. The first kappa shape index (κ1) is 19.6. The predicted octanol–water partition coefficient (Wildman–Crippen LogP) is 4.64. The Labute approximate surface area is 174 Å². The average Bonchev–Trinajstić information content (AvgIpc) is 3.25. The van der Waals surface area contributed by atoms with E-state index in [1.807, 2.05) is 0 Å². The van der Waals surface area contributed by atoms with Gasteiger partial charge >= 0.3 is 0 Å². The summed E-state index contributed by atoms with van der Waals surface area (Å²) in [4.78, 5) is 2.41. The van der Waals surface area contributed by atoms with Gasteiger partial charge in [0.05, 0.1) is 0 Å². The first-order valence-corrected chi connectivity index (χ1v) is 12.9. The Hall–Kier alpha value is -1.73. The Balaban J connectivity index is 1.94. The normalized spacial score (nSPS) is 19.8. The van der Waals surface area contributed by atoms with Gasteiger partial charge in [-0.05, 0) is 48.4 Å². The fourth-order valence-corrected chi connectivity index (χ4v) is 8.88. The summed E-state index contributed by atoms with van der Waals surface area (Å²) in [5, 5.41) is 3.94. The molecule has 3 aromatic rings. The van der Waals surface area contributed by atoms with Crippen LogP contribution in [0, 0.1) is 0 Å². The molecule has 1 fully saturated rings. The van der Waals surface area contributed by atoms with Crippen molar-refractivity contribution >= 4 is 33.8 Å². The van der Waals surface area contributed by atoms with E-state index in [-0.39, 0.29) is 0 Å². The van der Waals surface area contributed by atoms with Gasteiger partial charge in [-0.25, -0.2) is 0 Å². The van der Waals surface area contributed by atoms with Crippen LogP contribution in [0.15, 0.2) is 84.9 Å². The summed E-state index contributed by atoms with van der Waals surface area (Å²) < 4.78 is 0. The molecule has 0 radical (unpaired) electrons. The van der Waals surface area contributed by atoms with Crippen LogP contribution in [0.2, 0.25) is 0 Å². The molecule has 2 atom stereocenters. The number of nitrogens with zero attached hydrogens (tertiary/aromatic N) is 1. The molecule has 0 N–H and O–H groups in total. The van der Waals surface area contributed by atoms with Crippen LogP contribution in [0.3, 0.4) is 0 Å². The van der Waals surface area contributed by atoms with Crippen molar-refractivity contribution in [1.82, 2.24) is 4.90 Å². The molecule has 3 heteroatoms. The highest BCUT2D eigenvalue weighted by molar-refractivity contribution is 8.25. The van der Waals surface area contributed by atoms with Crippen LogP contribution >= 0.6 is 6.04 Å². The van der Waals surface area contributed by atoms with Crippen LogP contribution in [0.4, 0.5) is 0 Å². The van der Waals surface area contributed by atoms with Crippen LogP contribution in [0.5, 0.6) is 0 Å². The molecule has 4 rings (SSSR count). The maximum absolute atomic E-state index is 6.63. The molecule has 0 aromatic heterocycles. The first-order chi connectivity index (χ1) is 13.6. The highest BCUT2D eigenvalue weighted by Gasteiger charge is 2.35. The zero-order valence-corrected chi connectivity index (χ0v) is 18.4. The monoisotopic (exact) mass is 405 g/mol. The highest BCUT2D eigenvalue weighted by atomic mass is 32.4. The topological polar surface area (TPSA) is 3.24 Å². The number of hydrogen-bond acceptors (Lipinski definition) is 2. The summed E-state index contributed by atoms with van der Waals surface area (Å²) in [5.41, 5.74) is 1.47. The van der Waals surface area contributed by atoms with E-state index in [0.29, 0.717) is 12.0 Å². The summed E-state index contributed by atoms with van der Waals surface area (Å²) in [6.45, 7) is 0. The van der Waals surface area contributed by atoms with Gasteiger partial charge in [0.1, 0.15) is 0 Å². The second-order valence-electron chi connectivity index (χ2n) is 7.91. The third kappa shape index (κ3) is 3.50. The second-order valence-corrected chi connectivity index (χ2v) is 12.3. The fourth-order valence-electron chi connectivity index (χ4n) is 4.71. The number of likely N-dealkylation sites (N-methyl/N-ethyl adjacent to an activating group) is 1. The lowest BCUT2D eigenvalue weighted by molar-refractivity contribution is 0.276. The number of rotatable bonds is 5. The molecule has 0 bridgehead atoms. The predicted molar refractivity (Wildman–Crippen MR) is 127 cm³/mol. The summed E-state index contributed by atoms with van der Waals surface area (Å²) in [5.74, 6) is 0.556. The summed E-state index contributed by atoms with van der Waals surface area (Å²) in [6.07, 6.45) is 3.81. The van der Waals surface area contributed by atoms with Crippen LogP contribution in [0.1, 0.15) is 30.7 Å². The van der Waals surface area contributed by atoms with E-state index >= 15 is 0 Å². The lowest BCUT2D eigenvalue weighted by atomic mass is 9.93. The fraction of sp³-hybridized carbons (Fsp3) is 0.280. The molecule has 2 unspecified atom stereocenters. The van der Waals surface area contributed by atoms with E-state index in [0.717, 1.165) is 0 Å². The van der Waals surface area contributed by atoms with E-state index in [2.05, 4.69) is 104 Å². The van der Waals surface area contributed by atoms with Gasteiger partial charge in [-0.15, -0.1) is 0 Å². The Morgan fingerprint density at radius 3 is 1.86 bits per heavy atom. The smallest absolute Gasteiger partial charge is 0.0382 e. The molecule has 144 valence electrons. The highest BCUT2D eigenvalue weighted by Crippen LogP contribution is 2.47. The molecule has 28 heavy (non-hydrogen) atoms. The van der Waals surface area contributed by atoms with Crippen molar-refractivity contribution in [3.8, 4) is 0 Å². The lowest BCUT2D eigenvalue weighted by Gasteiger charge is -2.32. The molecule has 1 saturated carbocycles. The van der Waals surface area contributed by atoms with Crippen molar-refractivity contribution in [2.24, 2.45) is 0 Å². The van der Waals surface area contributed by atoms with Crippen molar-refractivity contribution in [3.63, 3.8) is 0 Å². The third-order valence-corrected chi connectivity index (χ3v) is 11.0. The average molecular weight is 406 g/mol. The van der Waals surface area contributed by atoms with Crippen LogP contribution in [0.25, 0.3) is 0 Å². The second kappa shape index (κ2) is 8.33. The Morgan fingerprint density at radius 2 is 1.29 bits per heavy atom. The van der Waals surface area contributed by atoms with E-state index in [1.54, 1.807) is 0 Å². The lowest BCUT2D eigenvalue weighted by Crippen LogP contribution is -2.34. The van der Waals surface area contributed by atoms with Crippen LogP contribution in [-0.2, 0) is 11.8 Å². The summed E-state index contributed by atoms with van der Waals surface area (Å²) in [7, 11) is 4.44. The van der Waals surface area contributed by atoms with E-state index in [1.165, 1.54) is 40.7 Å². The maximum atomic E-state index is 6.63. The van der Waals surface area contributed by atoms with Gasteiger partial charge in [-0.1, -0.05) is 103 Å². The van der Waals surface area contributed by atoms with Gasteiger partial charge in [0, 0.05) is 18.0 Å². The van der Waals surface area contributed by atoms with Crippen molar-refractivity contribution in [2.75, 3.05) is 14.1 Å². The quantitative estimate of drug-likeness (QED) is 0.569. The molecule has 1 nitrogen and oxygen atoms in total. The van der Waals surface area contributed by atoms with E-state index in [4.69, 9.17) is 11.8 Å². The van der Waals surface area contributed by atoms with E-state index in [9.17, 15) is 0 Å². The maximum Gasteiger partial charge on any atom is 0.0382 e. The zero-order chi connectivity index (χ0) is 19.6. The molecule has 0 saturated heterocycles. The third-order valence-electron chi connectivity index (χ3n) is 6.06. The van der Waals surface area contributed by atoms with Crippen molar-refractivity contribution in [2.45, 2.75) is 31.2 Å². The minimum Gasteiger partial charge on any atom is -0.306 e. The zero-order valence-electron chi connectivity index (χ0n) is 16.7. The Morgan fingerprint density at radius 1 is 0.750 bits per heavy atom. The Kier molecular flexibility index (Phi) is 5.83. The SMILES string of the molecule is CN(C)C1CCCC1c1ccccc1P(=S)(c1ccccc1)c1ccccc1. The van der Waals surface area contributed by atoms with Crippen LogP contribution in [-0.4, -0.2) is 25.0 Å². The molecular formula is C25H28NPS. The molecule has 0 spiro atoms. The Bertz CT molecular complexity index is 925. The number of benzene rings is 3. The van der Waals surface area contributed by atoms with Crippen molar-refractivity contribution < 1.29 is 0 Å². The molecule has 1 aliphatic rings. The molecular weight excluding hydrogens is 377 g/mol.